The van der Waals surface area contributed by atoms with Crippen molar-refractivity contribution >= 4 is 6.09 Å². The molecule has 0 aromatic rings. The third kappa shape index (κ3) is 4.81. The second-order valence-electron chi connectivity index (χ2n) is 4.18. The van der Waals surface area contributed by atoms with Gasteiger partial charge < -0.3 is 20.7 Å². The summed E-state index contributed by atoms with van der Waals surface area (Å²) in [5, 5.41) is 2.73. The van der Waals surface area contributed by atoms with Crippen molar-refractivity contribution in [3.63, 3.8) is 0 Å². The maximum absolute atomic E-state index is 11.0. The second-order valence-corrected chi connectivity index (χ2v) is 4.18. The fourth-order valence-corrected chi connectivity index (χ4v) is 2.09. The number of amides is 1. The molecule has 0 spiro atoms. The van der Waals surface area contributed by atoms with E-state index in [4.69, 9.17) is 10.5 Å². The first kappa shape index (κ1) is 13.3. The molecule has 1 rings (SSSR count). The highest BCUT2D eigenvalue weighted by atomic mass is 16.5. The van der Waals surface area contributed by atoms with E-state index < -0.39 is 0 Å². The SMILES string of the molecule is CCOC(=O)NCCN1CCC(CCN)C1. The second kappa shape index (κ2) is 7.46. The largest absolute Gasteiger partial charge is 0.450 e. The first-order valence-corrected chi connectivity index (χ1v) is 6.09. The number of nitrogens with two attached hydrogens (primary N) is 1. The van der Waals surface area contributed by atoms with Gasteiger partial charge in [0.25, 0.3) is 0 Å². The molecule has 0 aromatic heterocycles. The molecule has 0 saturated carbocycles. The number of carbonyl (C=O) groups excluding carboxylic acids is 1. The Bertz CT molecular complexity index is 211. The zero-order valence-corrected chi connectivity index (χ0v) is 10.1. The van der Waals surface area contributed by atoms with Gasteiger partial charge in [-0.05, 0) is 38.8 Å². The van der Waals surface area contributed by atoms with Crippen molar-refractivity contribution in [3.8, 4) is 0 Å². The fraction of sp³-hybridized carbons (Fsp3) is 0.909. The molecule has 16 heavy (non-hydrogen) atoms. The van der Waals surface area contributed by atoms with Gasteiger partial charge in [-0.1, -0.05) is 0 Å². The highest BCUT2D eigenvalue weighted by molar-refractivity contribution is 5.66. The van der Waals surface area contributed by atoms with Crippen LogP contribution in [0.25, 0.3) is 0 Å². The van der Waals surface area contributed by atoms with Crippen LogP contribution in [0.15, 0.2) is 0 Å². The number of hydrogen-bond donors (Lipinski definition) is 2. The third-order valence-electron chi connectivity index (χ3n) is 2.92. The van der Waals surface area contributed by atoms with Crippen LogP contribution >= 0.6 is 0 Å². The van der Waals surface area contributed by atoms with Gasteiger partial charge >= 0.3 is 6.09 Å². The molecule has 1 unspecified atom stereocenters. The summed E-state index contributed by atoms with van der Waals surface area (Å²) in [4.78, 5) is 13.4. The van der Waals surface area contributed by atoms with Crippen LogP contribution in [-0.4, -0.2) is 50.3 Å². The molecule has 0 aliphatic carbocycles. The molecule has 5 heteroatoms. The molecule has 1 atom stereocenters. The zero-order valence-electron chi connectivity index (χ0n) is 10.1. The van der Waals surface area contributed by atoms with Gasteiger partial charge in [-0.15, -0.1) is 0 Å². The molecular formula is C11H23N3O2. The van der Waals surface area contributed by atoms with Crippen molar-refractivity contribution in [2.24, 2.45) is 11.7 Å². The average molecular weight is 229 g/mol. The summed E-state index contributed by atoms with van der Waals surface area (Å²) in [5.74, 6) is 0.743. The van der Waals surface area contributed by atoms with E-state index in [1.165, 1.54) is 6.42 Å². The molecule has 5 nitrogen and oxygen atoms in total. The average Bonchev–Trinajstić information content (AvgIpc) is 2.67. The van der Waals surface area contributed by atoms with Crippen LogP contribution in [0.4, 0.5) is 4.79 Å². The van der Waals surface area contributed by atoms with E-state index in [0.717, 1.165) is 38.5 Å². The van der Waals surface area contributed by atoms with Crippen molar-refractivity contribution in [1.29, 1.82) is 0 Å². The number of nitrogens with zero attached hydrogens (tertiary/aromatic N) is 1. The Labute approximate surface area is 97.3 Å². The van der Waals surface area contributed by atoms with Crippen molar-refractivity contribution in [1.82, 2.24) is 10.2 Å². The maximum atomic E-state index is 11.0. The number of hydrogen-bond acceptors (Lipinski definition) is 4. The summed E-state index contributed by atoms with van der Waals surface area (Å²) in [7, 11) is 0. The third-order valence-corrected chi connectivity index (χ3v) is 2.92. The highest BCUT2D eigenvalue weighted by Gasteiger charge is 2.21. The summed E-state index contributed by atoms with van der Waals surface area (Å²) < 4.78 is 4.78. The lowest BCUT2D eigenvalue weighted by molar-refractivity contribution is 0.151. The summed E-state index contributed by atoms with van der Waals surface area (Å²) >= 11 is 0. The summed E-state index contributed by atoms with van der Waals surface area (Å²) in [5.41, 5.74) is 5.53. The number of carbonyl (C=O) groups is 1. The van der Waals surface area contributed by atoms with Crippen LogP contribution in [0.1, 0.15) is 19.8 Å². The van der Waals surface area contributed by atoms with E-state index in [0.29, 0.717) is 13.2 Å². The van der Waals surface area contributed by atoms with E-state index in [1.54, 1.807) is 6.92 Å². The fourth-order valence-electron chi connectivity index (χ4n) is 2.09. The van der Waals surface area contributed by atoms with E-state index in [2.05, 4.69) is 10.2 Å². The quantitative estimate of drug-likeness (QED) is 0.692. The molecule has 1 fully saturated rings. The summed E-state index contributed by atoms with van der Waals surface area (Å²) in [6.07, 6.45) is 2.03. The highest BCUT2D eigenvalue weighted by Crippen LogP contribution is 2.17. The Hall–Kier alpha value is -0.810. The maximum Gasteiger partial charge on any atom is 0.407 e. The van der Waals surface area contributed by atoms with Crippen molar-refractivity contribution in [2.75, 3.05) is 39.3 Å². The molecule has 0 bridgehead atoms. The van der Waals surface area contributed by atoms with Gasteiger partial charge in [0.15, 0.2) is 0 Å². The Morgan fingerprint density at radius 3 is 3.12 bits per heavy atom. The van der Waals surface area contributed by atoms with Crippen molar-refractivity contribution in [3.05, 3.63) is 0 Å². The van der Waals surface area contributed by atoms with Crippen LogP contribution < -0.4 is 11.1 Å². The van der Waals surface area contributed by atoms with Gasteiger partial charge in [0.2, 0.25) is 0 Å². The van der Waals surface area contributed by atoms with Gasteiger partial charge in [-0.2, -0.15) is 0 Å². The van der Waals surface area contributed by atoms with Gasteiger partial charge in [-0.3, -0.25) is 0 Å². The Balaban J connectivity index is 2.04. The Kier molecular flexibility index (Phi) is 6.18. The van der Waals surface area contributed by atoms with Crippen LogP contribution in [0.5, 0.6) is 0 Å². The summed E-state index contributed by atoms with van der Waals surface area (Å²) in [6, 6.07) is 0. The van der Waals surface area contributed by atoms with Gasteiger partial charge in [0.05, 0.1) is 6.61 Å². The number of alkyl carbamates (subject to hydrolysis) is 1. The minimum Gasteiger partial charge on any atom is -0.450 e. The minimum atomic E-state index is -0.319. The standard InChI is InChI=1S/C11H23N3O2/c1-2-16-11(15)13-6-8-14-7-4-10(9-14)3-5-12/h10H,2-9,12H2,1H3,(H,13,15). The number of likely N-dealkylation sites (tertiary alicyclic amines) is 1. The normalized spacial score (nSPS) is 21.0. The minimum absolute atomic E-state index is 0.319. The molecule has 1 aliphatic rings. The van der Waals surface area contributed by atoms with E-state index in [9.17, 15) is 4.79 Å². The van der Waals surface area contributed by atoms with Crippen LogP contribution in [-0.2, 0) is 4.74 Å². The first-order valence-electron chi connectivity index (χ1n) is 6.09. The molecule has 0 radical (unpaired) electrons. The lowest BCUT2D eigenvalue weighted by Crippen LogP contribution is -2.34. The summed E-state index contributed by atoms with van der Waals surface area (Å²) in [6.45, 7) is 6.80. The molecule has 1 heterocycles. The van der Waals surface area contributed by atoms with Crippen LogP contribution in [0.3, 0.4) is 0 Å². The lowest BCUT2D eigenvalue weighted by atomic mass is 10.1. The van der Waals surface area contributed by atoms with E-state index in [1.807, 2.05) is 0 Å². The number of ether oxygens (including phenoxy) is 1. The predicted molar refractivity (Wildman–Crippen MR) is 63.2 cm³/mol. The topological polar surface area (TPSA) is 67.6 Å². The molecule has 94 valence electrons. The monoisotopic (exact) mass is 229 g/mol. The molecule has 0 aromatic carbocycles. The molecule has 3 N–H and O–H groups in total. The van der Waals surface area contributed by atoms with Crippen molar-refractivity contribution in [2.45, 2.75) is 19.8 Å². The Morgan fingerprint density at radius 2 is 2.44 bits per heavy atom. The van der Waals surface area contributed by atoms with Crippen LogP contribution in [0, 0.1) is 5.92 Å². The first-order chi connectivity index (χ1) is 7.76. The molecule has 1 amide bonds. The predicted octanol–water partition coefficient (Wildman–Crippen LogP) is 0.403. The van der Waals surface area contributed by atoms with Crippen LogP contribution in [0.2, 0.25) is 0 Å². The van der Waals surface area contributed by atoms with Gasteiger partial charge in [-0.25, -0.2) is 4.79 Å². The van der Waals surface area contributed by atoms with Gasteiger partial charge in [0, 0.05) is 19.6 Å². The Morgan fingerprint density at radius 1 is 1.62 bits per heavy atom. The number of nitrogens with one attached hydrogen (secondary N) is 1. The van der Waals surface area contributed by atoms with E-state index >= 15 is 0 Å². The van der Waals surface area contributed by atoms with Gasteiger partial charge in [0.1, 0.15) is 0 Å². The molecule has 1 aliphatic heterocycles. The number of rotatable bonds is 6. The molecule has 1 saturated heterocycles. The lowest BCUT2D eigenvalue weighted by Gasteiger charge is -2.15. The van der Waals surface area contributed by atoms with E-state index in [-0.39, 0.29) is 6.09 Å². The smallest absolute Gasteiger partial charge is 0.407 e. The zero-order chi connectivity index (χ0) is 11.8. The molecular weight excluding hydrogens is 206 g/mol. The van der Waals surface area contributed by atoms with Crippen molar-refractivity contribution < 1.29 is 9.53 Å².